The van der Waals surface area contributed by atoms with Crippen LogP contribution in [0.3, 0.4) is 0 Å². The molecule has 0 radical (unpaired) electrons. The van der Waals surface area contributed by atoms with Crippen molar-refractivity contribution >= 4 is 11.8 Å². The van der Waals surface area contributed by atoms with Crippen LogP contribution in [-0.2, 0) is 38.0 Å². The van der Waals surface area contributed by atoms with Crippen LogP contribution in [0.2, 0.25) is 0 Å². The standard InChI is InChI=1S/C39H65NO10/c1-9-13-29-26(10-2)36(43)47-32-16-19-38(50-39(32)18-15-31(48-39)30-14-17-37(44,12-4)25(8)46-30)23(6)20-22(5)35(49-38)27(11-3)33(41)24(7)34(42)28(40)21-45-29/h16,19,22-32,34-35,42,44H,9-15,17-18,20-21,40H2,1-8H3. The van der Waals surface area contributed by atoms with Crippen LogP contribution in [0, 0.1) is 29.6 Å². The molecule has 11 nitrogen and oxygen atoms in total. The highest BCUT2D eigenvalue weighted by Gasteiger charge is 2.61. The van der Waals surface area contributed by atoms with Gasteiger partial charge in [-0.25, -0.2) is 0 Å². The van der Waals surface area contributed by atoms with Crippen molar-refractivity contribution in [1.82, 2.24) is 0 Å². The molecular weight excluding hydrogens is 642 g/mol. The van der Waals surface area contributed by atoms with Crippen molar-refractivity contribution in [3.05, 3.63) is 12.2 Å². The number of hydrogen-bond acceptors (Lipinski definition) is 11. The van der Waals surface area contributed by atoms with Gasteiger partial charge < -0.3 is 44.4 Å². The first-order chi connectivity index (χ1) is 23.7. The Hall–Kier alpha value is -1.44. The van der Waals surface area contributed by atoms with E-state index in [0.29, 0.717) is 51.4 Å². The lowest BCUT2D eigenvalue weighted by atomic mass is 9.74. The smallest absolute Gasteiger partial charge is 0.312 e. The van der Waals surface area contributed by atoms with E-state index < -0.39 is 71.4 Å². The third kappa shape index (κ3) is 7.49. The second kappa shape index (κ2) is 15.9. The molecule has 11 heteroatoms. The van der Waals surface area contributed by atoms with E-state index >= 15 is 0 Å². The topological polar surface area (TPSA) is 156 Å². The second-order valence-corrected chi connectivity index (χ2v) is 16.1. The molecule has 16 unspecified atom stereocenters. The molecule has 4 saturated heterocycles. The minimum absolute atomic E-state index is 0.00484. The maximum absolute atomic E-state index is 14.2. The third-order valence-electron chi connectivity index (χ3n) is 12.8. The number of nitrogens with two attached hydrogens (primary N) is 1. The summed E-state index contributed by atoms with van der Waals surface area (Å²) in [6.45, 7) is 15.7. The zero-order valence-corrected chi connectivity index (χ0v) is 31.7. The van der Waals surface area contributed by atoms with Crippen LogP contribution in [0.25, 0.3) is 0 Å². The molecule has 0 aromatic rings. The van der Waals surface area contributed by atoms with Gasteiger partial charge in [0.15, 0.2) is 11.9 Å². The van der Waals surface area contributed by atoms with Crippen molar-refractivity contribution in [2.45, 2.75) is 186 Å². The fourth-order valence-corrected chi connectivity index (χ4v) is 9.31. The molecule has 2 spiro atoms. The molecule has 6 aliphatic rings. The number of ketones is 1. The van der Waals surface area contributed by atoms with Gasteiger partial charge in [0.2, 0.25) is 5.79 Å². The molecule has 50 heavy (non-hydrogen) atoms. The molecule has 16 atom stereocenters. The van der Waals surface area contributed by atoms with E-state index in [1.165, 1.54) is 0 Å². The van der Waals surface area contributed by atoms with Gasteiger partial charge in [0.1, 0.15) is 5.78 Å². The first-order valence-corrected chi connectivity index (χ1v) is 19.6. The Kier molecular flexibility index (Phi) is 12.6. The molecule has 3 bridgehead atoms. The van der Waals surface area contributed by atoms with E-state index in [-0.39, 0.29) is 42.5 Å². The predicted octanol–water partition coefficient (Wildman–Crippen LogP) is 4.97. The molecule has 0 amide bonds. The second-order valence-electron chi connectivity index (χ2n) is 16.1. The number of aliphatic hydroxyl groups excluding tert-OH is 1. The Bertz CT molecular complexity index is 1220. The molecular formula is C39H65NO10. The average Bonchev–Trinajstić information content (AvgIpc) is 3.51. The Morgan fingerprint density at radius 3 is 2.30 bits per heavy atom. The van der Waals surface area contributed by atoms with Crippen LogP contribution >= 0.6 is 0 Å². The van der Waals surface area contributed by atoms with Crippen molar-refractivity contribution in [2.75, 3.05) is 6.61 Å². The highest BCUT2D eigenvalue weighted by Crippen LogP contribution is 2.52. The summed E-state index contributed by atoms with van der Waals surface area (Å²) in [6.07, 6.45) is 5.73. The van der Waals surface area contributed by atoms with E-state index in [0.717, 1.165) is 12.8 Å². The molecule has 0 saturated carbocycles. The SMILES string of the molecule is CCCC1OCC(N)C(O)C(C)C(=O)C(CC)C2OC3(C=CC(OC(=O)C1CC)C1(CCC(C4CCC(O)(CC)C(C)O4)O1)O3)C(C)CC2C. The summed E-state index contributed by atoms with van der Waals surface area (Å²) >= 11 is 0. The van der Waals surface area contributed by atoms with Gasteiger partial charge >= 0.3 is 5.97 Å². The molecule has 4 N–H and O–H groups in total. The molecule has 6 aliphatic heterocycles. The monoisotopic (exact) mass is 707 g/mol. The molecule has 6 heterocycles. The average molecular weight is 708 g/mol. The molecule has 4 fully saturated rings. The molecule has 0 aromatic heterocycles. The number of fused-ring (bicyclic) bond motifs is 10. The summed E-state index contributed by atoms with van der Waals surface area (Å²) in [5.74, 6) is -5.04. The Labute approximate surface area is 299 Å². The largest absolute Gasteiger partial charge is 0.452 e. The minimum atomic E-state index is -1.36. The van der Waals surface area contributed by atoms with Gasteiger partial charge in [-0.2, -0.15) is 0 Å². The predicted molar refractivity (Wildman–Crippen MR) is 187 cm³/mol. The molecule has 286 valence electrons. The zero-order chi connectivity index (χ0) is 36.6. The maximum Gasteiger partial charge on any atom is 0.312 e. The number of carbonyl (C=O) groups excluding carboxylic acids is 2. The fraction of sp³-hybridized carbons (Fsp3) is 0.897. The summed E-state index contributed by atoms with van der Waals surface area (Å²) in [7, 11) is 0. The Morgan fingerprint density at radius 2 is 1.66 bits per heavy atom. The zero-order valence-electron chi connectivity index (χ0n) is 31.7. The van der Waals surface area contributed by atoms with Crippen LogP contribution in [0.5, 0.6) is 0 Å². The highest BCUT2D eigenvalue weighted by atomic mass is 16.8. The van der Waals surface area contributed by atoms with Gasteiger partial charge in [-0.3, -0.25) is 9.59 Å². The van der Waals surface area contributed by atoms with Crippen molar-refractivity contribution in [3.63, 3.8) is 0 Å². The maximum atomic E-state index is 14.2. The van der Waals surface area contributed by atoms with Crippen LogP contribution in [0.1, 0.15) is 120 Å². The van der Waals surface area contributed by atoms with Gasteiger partial charge in [0.25, 0.3) is 0 Å². The van der Waals surface area contributed by atoms with Crippen LogP contribution in [0.4, 0.5) is 0 Å². The Balaban J connectivity index is 1.54. The summed E-state index contributed by atoms with van der Waals surface area (Å²) in [6, 6.07) is -0.822. The molecule has 0 aliphatic carbocycles. The first kappa shape index (κ1) is 39.8. The minimum Gasteiger partial charge on any atom is -0.452 e. The lowest BCUT2D eigenvalue weighted by Crippen LogP contribution is -2.63. The van der Waals surface area contributed by atoms with Crippen molar-refractivity contribution in [1.29, 1.82) is 0 Å². The van der Waals surface area contributed by atoms with Gasteiger partial charge in [-0.15, -0.1) is 0 Å². The van der Waals surface area contributed by atoms with E-state index in [1.54, 1.807) is 6.92 Å². The number of aliphatic hydroxyl groups is 2. The normalized spacial score (nSPS) is 49.2. The van der Waals surface area contributed by atoms with Crippen molar-refractivity contribution in [2.24, 2.45) is 35.3 Å². The summed E-state index contributed by atoms with van der Waals surface area (Å²) in [5, 5.41) is 22.4. The molecule has 0 aromatic carbocycles. The first-order valence-electron chi connectivity index (χ1n) is 19.6. The number of ether oxygens (including phenoxy) is 6. The van der Waals surface area contributed by atoms with E-state index in [9.17, 15) is 19.8 Å². The number of esters is 1. The summed E-state index contributed by atoms with van der Waals surface area (Å²) in [4.78, 5) is 28.3. The van der Waals surface area contributed by atoms with E-state index in [1.807, 2.05) is 46.8 Å². The number of hydrogen-bond donors (Lipinski definition) is 3. The van der Waals surface area contributed by atoms with Gasteiger partial charge in [-0.05, 0) is 76.4 Å². The third-order valence-corrected chi connectivity index (χ3v) is 12.8. The summed E-state index contributed by atoms with van der Waals surface area (Å²) < 4.78 is 40.1. The van der Waals surface area contributed by atoms with Gasteiger partial charge in [-0.1, -0.05) is 54.9 Å². The van der Waals surface area contributed by atoms with Crippen LogP contribution < -0.4 is 5.73 Å². The molecule has 6 rings (SSSR count). The van der Waals surface area contributed by atoms with E-state index in [2.05, 4.69) is 13.8 Å². The fourth-order valence-electron chi connectivity index (χ4n) is 9.31. The number of rotatable bonds is 6. The lowest BCUT2D eigenvalue weighted by molar-refractivity contribution is -0.401. The van der Waals surface area contributed by atoms with Crippen LogP contribution in [0.15, 0.2) is 12.2 Å². The van der Waals surface area contributed by atoms with Crippen molar-refractivity contribution < 1.29 is 48.2 Å². The van der Waals surface area contributed by atoms with Gasteiger partial charge in [0, 0.05) is 24.2 Å². The Morgan fingerprint density at radius 1 is 0.960 bits per heavy atom. The van der Waals surface area contributed by atoms with Crippen LogP contribution in [-0.4, -0.2) is 94.5 Å². The van der Waals surface area contributed by atoms with Crippen molar-refractivity contribution in [3.8, 4) is 0 Å². The highest BCUT2D eigenvalue weighted by molar-refractivity contribution is 5.84. The lowest BCUT2D eigenvalue weighted by Gasteiger charge is -2.54. The quantitative estimate of drug-likeness (QED) is 0.253. The van der Waals surface area contributed by atoms with Gasteiger partial charge in [0.05, 0.1) is 60.8 Å². The number of carbonyl (C=O) groups is 2. The summed E-state index contributed by atoms with van der Waals surface area (Å²) in [5.41, 5.74) is 5.59. The number of Topliss-reactive ketones (excluding diaryl/α,β-unsaturated/α-hetero) is 1. The van der Waals surface area contributed by atoms with E-state index in [4.69, 9.17) is 34.2 Å².